The Morgan fingerprint density at radius 2 is 1.76 bits per heavy atom. The van der Waals surface area contributed by atoms with Crippen molar-refractivity contribution in [1.29, 1.82) is 0 Å². The van der Waals surface area contributed by atoms with E-state index in [1.807, 2.05) is 18.2 Å². The van der Waals surface area contributed by atoms with Crippen LogP contribution >= 0.6 is 0 Å². The maximum atomic E-state index is 13.7. The van der Waals surface area contributed by atoms with Gasteiger partial charge in [-0.25, -0.2) is 8.78 Å². The van der Waals surface area contributed by atoms with Gasteiger partial charge in [0, 0.05) is 6.04 Å². The highest BCUT2D eigenvalue weighted by Gasteiger charge is 2.13. The van der Waals surface area contributed by atoms with Crippen LogP contribution in [0.4, 0.5) is 8.78 Å². The van der Waals surface area contributed by atoms with Crippen LogP contribution in [0.5, 0.6) is 0 Å². The number of aryl methyl sites for hydroxylation is 1. The molecular formula is C18H21F2N. The predicted molar refractivity (Wildman–Crippen MR) is 82.2 cm³/mol. The molecule has 0 heterocycles. The Balaban J connectivity index is 2.07. The van der Waals surface area contributed by atoms with Gasteiger partial charge in [-0.05, 0) is 43.0 Å². The number of hydrogen-bond donors (Lipinski definition) is 1. The Morgan fingerprint density at radius 3 is 2.48 bits per heavy atom. The summed E-state index contributed by atoms with van der Waals surface area (Å²) < 4.78 is 26.9. The Bertz CT molecular complexity index is 554. The quantitative estimate of drug-likeness (QED) is 0.783. The van der Waals surface area contributed by atoms with Gasteiger partial charge in [0.05, 0.1) is 0 Å². The molecule has 0 spiro atoms. The van der Waals surface area contributed by atoms with Gasteiger partial charge in [0.1, 0.15) is 0 Å². The minimum atomic E-state index is -0.773. The summed E-state index contributed by atoms with van der Waals surface area (Å²) in [5, 5.41) is 3.47. The molecule has 1 nitrogen and oxygen atoms in total. The van der Waals surface area contributed by atoms with Crippen LogP contribution in [-0.2, 0) is 6.42 Å². The van der Waals surface area contributed by atoms with Crippen LogP contribution in [0, 0.1) is 11.6 Å². The van der Waals surface area contributed by atoms with Crippen molar-refractivity contribution in [3.05, 3.63) is 71.3 Å². The molecule has 0 bridgehead atoms. The minimum Gasteiger partial charge on any atom is -0.310 e. The van der Waals surface area contributed by atoms with Gasteiger partial charge in [-0.3, -0.25) is 0 Å². The van der Waals surface area contributed by atoms with Gasteiger partial charge in [0.2, 0.25) is 0 Å². The molecule has 0 saturated heterocycles. The Hall–Kier alpha value is -1.74. The summed E-state index contributed by atoms with van der Waals surface area (Å²) in [5.74, 6) is -1.50. The van der Waals surface area contributed by atoms with Gasteiger partial charge < -0.3 is 5.32 Å². The van der Waals surface area contributed by atoms with Gasteiger partial charge >= 0.3 is 0 Å². The van der Waals surface area contributed by atoms with E-state index in [0.29, 0.717) is 12.0 Å². The number of hydrogen-bond acceptors (Lipinski definition) is 1. The summed E-state index contributed by atoms with van der Waals surface area (Å²) >= 11 is 0. The highest BCUT2D eigenvalue weighted by atomic mass is 19.2. The molecule has 2 aromatic carbocycles. The number of nitrogens with one attached hydrogen (secondary N) is 1. The average molecular weight is 289 g/mol. The first-order valence-corrected chi connectivity index (χ1v) is 7.43. The van der Waals surface area contributed by atoms with E-state index < -0.39 is 11.6 Å². The summed E-state index contributed by atoms with van der Waals surface area (Å²) in [6.07, 6.45) is 2.29. The summed E-state index contributed by atoms with van der Waals surface area (Å²) in [7, 11) is 0. The summed E-state index contributed by atoms with van der Waals surface area (Å²) in [6.45, 7) is 3.02. The third kappa shape index (κ3) is 4.36. The Morgan fingerprint density at radius 1 is 1.00 bits per heavy atom. The average Bonchev–Trinajstić information content (AvgIpc) is 2.52. The fourth-order valence-electron chi connectivity index (χ4n) is 2.43. The van der Waals surface area contributed by atoms with Crippen LogP contribution in [0.3, 0.4) is 0 Å². The normalized spacial score (nSPS) is 12.3. The fraction of sp³-hybridized carbons (Fsp3) is 0.333. The van der Waals surface area contributed by atoms with Gasteiger partial charge in [-0.2, -0.15) is 0 Å². The van der Waals surface area contributed by atoms with E-state index in [2.05, 4.69) is 24.4 Å². The van der Waals surface area contributed by atoms with Crippen molar-refractivity contribution in [2.75, 3.05) is 6.54 Å². The standard InChI is InChI=1S/C18H21F2N/c1-2-13-21-17(14-7-4-3-5-8-14)12-11-15-9-6-10-16(19)18(15)20/h3-10,17,21H,2,11-13H2,1H3. The molecule has 2 rings (SSSR count). The van der Waals surface area contributed by atoms with Crippen molar-refractivity contribution in [2.45, 2.75) is 32.2 Å². The second-order valence-corrected chi connectivity index (χ2v) is 5.17. The molecule has 2 aromatic rings. The van der Waals surface area contributed by atoms with E-state index >= 15 is 0 Å². The SMILES string of the molecule is CCCNC(CCc1cccc(F)c1F)c1ccccc1. The summed E-state index contributed by atoms with van der Waals surface area (Å²) in [4.78, 5) is 0. The number of benzene rings is 2. The number of halogens is 2. The van der Waals surface area contributed by atoms with Gasteiger partial charge in [-0.1, -0.05) is 49.4 Å². The first-order chi connectivity index (χ1) is 10.2. The molecule has 3 heteroatoms. The van der Waals surface area contributed by atoms with Gasteiger partial charge in [0.25, 0.3) is 0 Å². The zero-order valence-corrected chi connectivity index (χ0v) is 12.3. The van der Waals surface area contributed by atoms with Crippen molar-refractivity contribution in [3.8, 4) is 0 Å². The molecule has 0 radical (unpaired) electrons. The molecule has 112 valence electrons. The lowest BCUT2D eigenvalue weighted by Gasteiger charge is -2.19. The molecule has 0 saturated carbocycles. The molecule has 0 amide bonds. The zero-order valence-electron chi connectivity index (χ0n) is 12.3. The van der Waals surface area contributed by atoms with Crippen LogP contribution in [-0.4, -0.2) is 6.54 Å². The molecule has 1 N–H and O–H groups in total. The number of rotatable bonds is 7. The largest absolute Gasteiger partial charge is 0.310 e. The Labute approximate surface area is 125 Å². The van der Waals surface area contributed by atoms with Crippen molar-refractivity contribution in [2.24, 2.45) is 0 Å². The highest BCUT2D eigenvalue weighted by molar-refractivity contribution is 5.22. The third-order valence-electron chi connectivity index (χ3n) is 3.58. The Kier molecular flexibility index (Phi) is 5.88. The first kappa shape index (κ1) is 15.6. The van der Waals surface area contributed by atoms with E-state index in [9.17, 15) is 8.78 Å². The van der Waals surface area contributed by atoms with E-state index in [0.717, 1.165) is 25.5 Å². The first-order valence-electron chi connectivity index (χ1n) is 7.43. The summed E-state index contributed by atoms with van der Waals surface area (Å²) in [5.41, 5.74) is 1.62. The van der Waals surface area contributed by atoms with Gasteiger partial charge in [-0.15, -0.1) is 0 Å². The maximum Gasteiger partial charge on any atom is 0.162 e. The van der Waals surface area contributed by atoms with E-state index in [1.165, 1.54) is 5.56 Å². The molecule has 0 fully saturated rings. The summed E-state index contributed by atoms with van der Waals surface area (Å²) in [6, 6.07) is 14.6. The predicted octanol–water partition coefficient (Wildman–Crippen LogP) is 4.64. The lowest BCUT2D eigenvalue weighted by atomic mass is 9.98. The maximum absolute atomic E-state index is 13.7. The van der Waals surface area contributed by atoms with Crippen molar-refractivity contribution in [1.82, 2.24) is 5.32 Å². The minimum absolute atomic E-state index is 0.161. The fourth-order valence-corrected chi connectivity index (χ4v) is 2.43. The molecule has 21 heavy (non-hydrogen) atoms. The molecule has 0 aliphatic rings. The lowest BCUT2D eigenvalue weighted by Crippen LogP contribution is -2.22. The van der Waals surface area contributed by atoms with E-state index in [1.54, 1.807) is 12.1 Å². The molecular weight excluding hydrogens is 268 g/mol. The van der Waals surface area contributed by atoms with Crippen LogP contribution in [0.25, 0.3) is 0 Å². The highest BCUT2D eigenvalue weighted by Crippen LogP contribution is 2.21. The van der Waals surface area contributed by atoms with Crippen molar-refractivity contribution < 1.29 is 8.78 Å². The third-order valence-corrected chi connectivity index (χ3v) is 3.58. The van der Waals surface area contributed by atoms with Crippen molar-refractivity contribution >= 4 is 0 Å². The van der Waals surface area contributed by atoms with Crippen LogP contribution in [0.2, 0.25) is 0 Å². The monoisotopic (exact) mass is 289 g/mol. The molecule has 0 aliphatic heterocycles. The van der Waals surface area contributed by atoms with Crippen LogP contribution in [0.15, 0.2) is 48.5 Å². The van der Waals surface area contributed by atoms with Gasteiger partial charge in [0.15, 0.2) is 11.6 Å². The second-order valence-electron chi connectivity index (χ2n) is 5.17. The molecule has 1 unspecified atom stereocenters. The van der Waals surface area contributed by atoms with E-state index in [4.69, 9.17) is 0 Å². The second kappa shape index (κ2) is 7.89. The smallest absolute Gasteiger partial charge is 0.162 e. The molecule has 1 atom stereocenters. The topological polar surface area (TPSA) is 12.0 Å². The molecule has 0 aromatic heterocycles. The van der Waals surface area contributed by atoms with Crippen LogP contribution in [0.1, 0.15) is 36.9 Å². The van der Waals surface area contributed by atoms with E-state index in [-0.39, 0.29) is 6.04 Å². The molecule has 0 aliphatic carbocycles. The van der Waals surface area contributed by atoms with Crippen molar-refractivity contribution in [3.63, 3.8) is 0 Å². The zero-order chi connectivity index (χ0) is 15.1. The van der Waals surface area contributed by atoms with Crippen LogP contribution < -0.4 is 5.32 Å². The lowest BCUT2D eigenvalue weighted by molar-refractivity contribution is 0.474.